The number of likely N-dealkylation sites (tertiary alicyclic amines) is 1. The SMILES string of the molecule is CCCCC(OC(C)(C)C)N1CCC(n2cc(-c3ccc(Oc4c(F)cccc4F)cc3)c(C#N)c2C(=O)OCC)C1. The number of para-hydroxylation sites is 1. The van der Waals surface area contributed by atoms with E-state index in [1.54, 1.807) is 31.2 Å². The van der Waals surface area contributed by atoms with Crippen LogP contribution in [0.2, 0.25) is 0 Å². The zero-order chi connectivity index (χ0) is 30.4. The van der Waals surface area contributed by atoms with E-state index in [4.69, 9.17) is 14.2 Å². The fourth-order valence-corrected chi connectivity index (χ4v) is 5.31. The molecule has 4 rings (SSSR count). The Morgan fingerprint density at radius 2 is 1.81 bits per heavy atom. The van der Waals surface area contributed by atoms with E-state index in [0.717, 1.165) is 44.4 Å². The van der Waals surface area contributed by atoms with Crippen molar-refractivity contribution in [1.82, 2.24) is 9.47 Å². The summed E-state index contributed by atoms with van der Waals surface area (Å²) in [7, 11) is 0. The number of hydrogen-bond donors (Lipinski definition) is 0. The van der Waals surface area contributed by atoms with Gasteiger partial charge >= 0.3 is 5.97 Å². The van der Waals surface area contributed by atoms with E-state index in [9.17, 15) is 18.8 Å². The van der Waals surface area contributed by atoms with Crippen molar-refractivity contribution in [3.05, 3.63) is 71.6 Å². The number of aromatic nitrogens is 1. The Balaban J connectivity index is 1.66. The average molecular weight is 580 g/mol. The second-order valence-corrected chi connectivity index (χ2v) is 11.4. The van der Waals surface area contributed by atoms with E-state index in [1.165, 1.54) is 6.07 Å². The zero-order valence-corrected chi connectivity index (χ0v) is 25.0. The number of hydrogen-bond acceptors (Lipinski definition) is 6. The molecule has 7 nitrogen and oxygen atoms in total. The summed E-state index contributed by atoms with van der Waals surface area (Å²) >= 11 is 0. The molecule has 9 heteroatoms. The summed E-state index contributed by atoms with van der Waals surface area (Å²) < 4.78 is 47.3. The quantitative estimate of drug-likeness (QED) is 0.215. The van der Waals surface area contributed by atoms with Gasteiger partial charge < -0.3 is 18.8 Å². The molecule has 224 valence electrons. The van der Waals surface area contributed by atoms with Gasteiger partial charge in [-0.05, 0) is 76.8 Å². The minimum absolute atomic E-state index is 0.0432. The molecule has 1 fully saturated rings. The van der Waals surface area contributed by atoms with Crippen molar-refractivity contribution in [1.29, 1.82) is 5.26 Å². The van der Waals surface area contributed by atoms with Gasteiger partial charge in [0.2, 0.25) is 0 Å². The van der Waals surface area contributed by atoms with Crippen molar-refractivity contribution in [3.63, 3.8) is 0 Å². The maximum atomic E-state index is 14.1. The van der Waals surface area contributed by atoms with E-state index < -0.39 is 23.4 Å². The first-order chi connectivity index (χ1) is 20.1. The standard InChI is InChI=1S/C33H39F2N3O4/c1-6-8-12-29(42-33(3,4)5)37-18-17-23(20-37)38-21-26(25(19-36)30(38)32(39)40-7-2)22-13-15-24(16-14-22)41-31-27(34)10-9-11-28(31)35/h9-11,13-16,21,23,29H,6-8,12,17-18,20H2,1-5H3. The Morgan fingerprint density at radius 3 is 2.40 bits per heavy atom. The third-order valence-electron chi connectivity index (χ3n) is 7.21. The number of rotatable bonds is 11. The van der Waals surface area contributed by atoms with Crippen LogP contribution in [0, 0.1) is 23.0 Å². The van der Waals surface area contributed by atoms with Gasteiger partial charge in [-0.15, -0.1) is 0 Å². The topological polar surface area (TPSA) is 76.7 Å². The van der Waals surface area contributed by atoms with Crippen LogP contribution in [-0.4, -0.2) is 47.0 Å². The number of benzene rings is 2. The predicted octanol–water partition coefficient (Wildman–Crippen LogP) is 7.85. The third kappa shape index (κ3) is 7.18. The monoisotopic (exact) mass is 579 g/mol. The molecule has 0 aliphatic carbocycles. The molecule has 0 spiro atoms. The predicted molar refractivity (Wildman–Crippen MR) is 156 cm³/mol. The maximum Gasteiger partial charge on any atom is 0.356 e. The lowest BCUT2D eigenvalue weighted by atomic mass is 10.0. The lowest BCUT2D eigenvalue weighted by Crippen LogP contribution is -2.40. The first-order valence-electron chi connectivity index (χ1n) is 14.5. The Kier molecular flexibility index (Phi) is 10.0. The number of ether oxygens (including phenoxy) is 3. The highest BCUT2D eigenvalue weighted by molar-refractivity contribution is 5.94. The molecule has 0 bridgehead atoms. The molecule has 2 atom stereocenters. The molecule has 0 radical (unpaired) electrons. The van der Waals surface area contributed by atoms with Crippen LogP contribution < -0.4 is 4.74 Å². The summed E-state index contributed by atoms with van der Waals surface area (Å²) in [6, 6.07) is 12.2. The maximum absolute atomic E-state index is 14.1. The molecule has 2 aromatic carbocycles. The highest BCUT2D eigenvalue weighted by Crippen LogP contribution is 2.36. The zero-order valence-electron chi connectivity index (χ0n) is 25.0. The summed E-state index contributed by atoms with van der Waals surface area (Å²) in [6.45, 7) is 11.7. The Bertz CT molecular complexity index is 1400. The number of halogens is 2. The lowest BCUT2D eigenvalue weighted by molar-refractivity contribution is -0.131. The number of carbonyl (C=O) groups excluding carboxylic acids is 1. The summed E-state index contributed by atoms with van der Waals surface area (Å²) in [4.78, 5) is 15.5. The Morgan fingerprint density at radius 1 is 1.12 bits per heavy atom. The third-order valence-corrected chi connectivity index (χ3v) is 7.21. The summed E-state index contributed by atoms with van der Waals surface area (Å²) in [5.41, 5.74) is 1.36. The summed E-state index contributed by atoms with van der Waals surface area (Å²) in [5, 5.41) is 10.2. The number of nitrogens with zero attached hydrogens (tertiary/aromatic N) is 3. The Labute approximate surface area is 246 Å². The van der Waals surface area contributed by atoms with E-state index in [1.807, 2.05) is 10.8 Å². The van der Waals surface area contributed by atoms with Crippen LogP contribution in [0.3, 0.4) is 0 Å². The summed E-state index contributed by atoms with van der Waals surface area (Å²) in [5.74, 6) is -2.43. The number of esters is 1. The minimum Gasteiger partial charge on any atom is -0.461 e. The number of nitriles is 1. The van der Waals surface area contributed by atoms with Gasteiger partial charge in [0.25, 0.3) is 0 Å². The van der Waals surface area contributed by atoms with Gasteiger partial charge in [0.05, 0.1) is 17.8 Å². The largest absolute Gasteiger partial charge is 0.461 e. The lowest BCUT2D eigenvalue weighted by Gasteiger charge is -2.34. The van der Waals surface area contributed by atoms with Gasteiger partial charge in [-0.2, -0.15) is 5.26 Å². The van der Waals surface area contributed by atoms with Crippen molar-refractivity contribution >= 4 is 5.97 Å². The van der Waals surface area contributed by atoms with Crippen molar-refractivity contribution < 1.29 is 27.8 Å². The van der Waals surface area contributed by atoms with E-state index in [-0.39, 0.29) is 41.5 Å². The second kappa shape index (κ2) is 13.5. The van der Waals surface area contributed by atoms with Gasteiger partial charge in [-0.25, -0.2) is 13.6 Å². The molecule has 2 heterocycles. The molecule has 3 aromatic rings. The molecule has 1 aliphatic rings. The smallest absolute Gasteiger partial charge is 0.356 e. The van der Waals surface area contributed by atoms with E-state index >= 15 is 0 Å². The van der Waals surface area contributed by atoms with Gasteiger partial charge in [-0.1, -0.05) is 31.5 Å². The fraction of sp³-hybridized carbons (Fsp3) is 0.455. The molecule has 0 amide bonds. The summed E-state index contributed by atoms with van der Waals surface area (Å²) in [6.07, 6.45) is 5.60. The van der Waals surface area contributed by atoms with E-state index in [2.05, 4.69) is 38.7 Å². The van der Waals surface area contributed by atoms with Crippen LogP contribution in [0.4, 0.5) is 8.78 Å². The number of unbranched alkanes of at least 4 members (excludes halogenated alkanes) is 1. The van der Waals surface area contributed by atoms with Crippen LogP contribution in [0.15, 0.2) is 48.7 Å². The van der Waals surface area contributed by atoms with E-state index in [0.29, 0.717) is 17.7 Å². The molecular formula is C33H39F2N3O4. The van der Waals surface area contributed by atoms with Crippen LogP contribution in [-0.2, 0) is 9.47 Å². The highest BCUT2D eigenvalue weighted by Gasteiger charge is 2.35. The molecular weight excluding hydrogens is 540 g/mol. The molecule has 0 saturated carbocycles. The second-order valence-electron chi connectivity index (χ2n) is 11.4. The van der Waals surface area contributed by atoms with Gasteiger partial charge in [0.15, 0.2) is 17.4 Å². The fourth-order valence-electron chi connectivity index (χ4n) is 5.31. The molecule has 2 unspecified atom stereocenters. The molecule has 1 aliphatic heterocycles. The molecule has 1 aromatic heterocycles. The average Bonchev–Trinajstić information content (AvgIpc) is 3.58. The van der Waals surface area contributed by atoms with Crippen molar-refractivity contribution in [2.75, 3.05) is 19.7 Å². The normalized spacial score (nSPS) is 16.3. The van der Waals surface area contributed by atoms with Gasteiger partial charge in [0, 0.05) is 30.9 Å². The molecule has 42 heavy (non-hydrogen) atoms. The van der Waals surface area contributed by atoms with Crippen molar-refractivity contribution in [2.24, 2.45) is 0 Å². The van der Waals surface area contributed by atoms with Gasteiger partial charge in [0.1, 0.15) is 23.7 Å². The highest BCUT2D eigenvalue weighted by atomic mass is 19.1. The molecule has 0 N–H and O–H groups in total. The van der Waals surface area contributed by atoms with Crippen LogP contribution >= 0.6 is 0 Å². The van der Waals surface area contributed by atoms with Crippen LogP contribution in [0.5, 0.6) is 11.5 Å². The van der Waals surface area contributed by atoms with Gasteiger partial charge in [-0.3, -0.25) is 4.90 Å². The number of carbonyl (C=O) groups is 1. The minimum atomic E-state index is -0.808. The first-order valence-corrected chi connectivity index (χ1v) is 14.5. The van der Waals surface area contributed by atoms with Crippen LogP contribution in [0.1, 0.15) is 82.4 Å². The van der Waals surface area contributed by atoms with Crippen molar-refractivity contribution in [2.45, 2.75) is 78.2 Å². The van der Waals surface area contributed by atoms with Crippen molar-refractivity contribution in [3.8, 4) is 28.7 Å². The Hall–Kier alpha value is -3.74. The first kappa shape index (κ1) is 31.2. The molecule has 1 saturated heterocycles. The van der Waals surface area contributed by atoms with Crippen LogP contribution in [0.25, 0.3) is 11.1 Å².